The van der Waals surface area contributed by atoms with E-state index in [4.69, 9.17) is 9.47 Å². The van der Waals surface area contributed by atoms with Gasteiger partial charge in [-0.25, -0.2) is 0 Å². The van der Waals surface area contributed by atoms with Crippen molar-refractivity contribution in [1.29, 1.82) is 0 Å². The van der Waals surface area contributed by atoms with Crippen LogP contribution in [0.15, 0.2) is 18.2 Å². The summed E-state index contributed by atoms with van der Waals surface area (Å²) in [4.78, 5) is 11.0. The molecular weight excluding hydrogens is 234 g/mol. The van der Waals surface area contributed by atoms with Gasteiger partial charge in [0.15, 0.2) is 11.5 Å². The van der Waals surface area contributed by atoms with Gasteiger partial charge in [0, 0.05) is 7.05 Å². The fourth-order valence-corrected chi connectivity index (χ4v) is 1.44. The Labute approximate surface area is 107 Å². The number of carbonyl (C=O) groups excluding carboxylic acids is 1. The van der Waals surface area contributed by atoms with Gasteiger partial charge in [-0.1, -0.05) is 6.07 Å². The molecule has 0 radical (unpaired) electrons. The average Bonchev–Trinajstić information content (AvgIpc) is 2.38. The molecule has 0 saturated heterocycles. The number of hydrogen-bond donors (Lipinski definition) is 2. The summed E-state index contributed by atoms with van der Waals surface area (Å²) in [5.41, 5.74) is 0.755. The molecule has 2 N–H and O–H groups in total. The van der Waals surface area contributed by atoms with Crippen molar-refractivity contribution in [2.75, 3.05) is 20.8 Å². The third-order valence-corrected chi connectivity index (χ3v) is 2.54. The zero-order chi connectivity index (χ0) is 13.5. The molecule has 1 aromatic rings. The second-order valence-electron chi connectivity index (χ2n) is 3.86. The van der Waals surface area contributed by atoms with Crippen LogP contribution in [-0.2, 0) is 4.79 Å². The van der Waals surface area contributed by atoms with Crippen LogP contribution in [0.5, 0.6) is 11.5 Å². The second kappa shape index (κ2) is 6.86. The normalized spacial score (nSPS) is 11.8. The first-order valence-electron chi connectivity index (χ1n) is 5.78. The van der Waals surface area contributed by atoms with Gasteiger partial charge in [-0.15, -0.1) is 0 Å². The fraction of sp³-hybridized carbons (Fsp3) is 0.462. The van der Waals surface area contributed by atoms with Crippen LogP contribution in [0.2, 0.25) is 0 Å². The highest BCUT2D eigenvalue weighted by molar-refractivity contribution is 5.75. The predicted molar refractivity (Wildman–Crippen MR) is 67.8 cm³/mol. The first kappa shape index (κ1) is 14.3. The highest BCUT2D eigenvalue weighted by atomic mass is 16.5. The number of rotatable bonds is 6. The minimum Gasteiger partial charge on any atom is -0.493 e. The molecule has 1 amide bonds. The summed E-state index contributed by atoms with van der Waals surface area (Å²) >= 11 is 0. The second-order valence-corrected chi connectivity index (χ2v) is 3.86. The molecule has 0 aliphatic heterocycles. The number of hydrogen-bond acceptors (Lipinski definition) is 4. The molecule has 0 bridgehead atoms. The Morgan fingerprint density at radius 3 is 2.72 bits per heavy atom. The number of methoxy groups -OCH3 is 1. The van der Waals surface area contributed by atoms with Gasteiger partial charge < -0.3 is 19.9 Å². The van der Waals surface area contributed by atoms with Crippen molar-refractivity contribution in [3.8, 4) is 11.5 Å². The molecule has 0 aromatic heterocycles. The minimum atomic E-state index is -0.557. The van der Waals surface area contributed by atoms with E-state index in [2.05, 4.69) is 5.32 Å². The fourth-order valence-electron chi connectivity index (χ4n) is 1.44. The van der Waals surface area contributed by atoms with Crippen molar-refractivity contribution in [3.63, 3.8) is 0 Å². The topological polar surface area (TPSA) is 67.8 Å². The van der Waals surface area contributed by atoms with Crippen LogP contribution in [0.1, 0.15) is 25.0 Å². The Morgan fingerprint density at radius 2 is 2.17 bits per heavy atom. The molecule has 0 heterocycles. The number of aliphatic hydroxyl groups excluding tert-OH is 1. The van der Waals surface area contributed by atoms with E-state index < -0.39 is 6.10 Å². The van der Waals surface area contributed by atoms with Gasteiger partial charge in [0.2, 0.25) is 5.91 Å². The lowest BCUT2D eigenvalue weighted by Gasteiger charge is -2.13. The molecular formula is C13H19NO4. The van der Waals surface area contributed by atoms with Crippen LogP contribution in [0, 0.1) is 0 Å². The van der Waals surface area contributed by atoms with Gasteiger partial charge in [-0.05, 0) is 24.6 Å². The third-order valence-electron chi connectivity index (χ3n) is 2.54. The number of carbonyl (C=O) groups is 1. The van der Waals surface area contributed by atoms with Gasteiger partial charge in [0.1, 0.15) is 0 Å². The van der Waals surface area contributed by atoms with E-state index >= 15 is 0 Å². The predicted octanol–water partition coefficient (Wildman–Crippen LogP) is 1.26. The molecule has 0 fully saturated rings. The van der Waals surface area contributed by atoms with Gasteiger partial charge in [-0.2, -0.15) is 0 Å². The SMILES string of the molecule is CNC(=O)CCOc1ccc(C(C)O)cc1OC. The standard InChI is InChI=1S/C13H19NO4/c1-9(15)10-4-5-11(12(8-10)17-3)18-7-6-13(16)14-2/h4-5,8-9,15H,6-7H2,1-3H3,(H,14,16). The maximum Gasteiger partial charge on any atom is 0.223 e. The van der Waals surface area contributed by atoms with Gasteiger partial charge >= 0.3 is 0 Å². The molecule has 5 nitrogen and oxygen atoms in total. The van der Waals surface area contributed by atoms with E-state index in [-0.39, 0.29) is 18.9 Å². The summed E-state index contributed by atoms with van der Waals surface area (Å²) in [5, 5.41) is 12.0. The van der Waals surface area contributed by atoms with Crippen LogP contribution in [0.25, 0.3) is 0 Å². The Morgan fingerprint density at radius 1 is 1.44 bits per heavy atom. The summed E-state index contributed by atoms with van der Waals surface area (Å²) < 4.78 is 10.7. The third kappa shape index (κ3) is 3.92. The summed E-state index contributed by atoms with van der Waals surface area (Å²) in [6.07, 6.45) is -0.267. The van der Waals surface area contributed by atoms with Crippen molar-refractivity contribution in [2.45, 2.75) is 19.4 Å². The monoisotopic (exact) mass is 253 g/mol. The number of aliphatic hydroxyl groups is 1. The van der Waals surface area contributed by atoms with Gasteiger partial charge in [0.25, 0.3) is 0 Å². The molecule has 1 unspecified atom stereocenters. The Hall–Kier alpha value is -1.75. The molecule has 0 aliphatic rings. The first-order chi connectivity index (χ1) is 8.58. The molecule has 0 spiro atoms. The molecule has 1 atom stereocenters. The smallest absolute Gasteiger partial charge is 0.223 e. The van der Waals surface area contributed by atoms with E-state index in [0.717, 1.165) is 5.56 Å². The quantitative estimate of drug-likeness (QED) is 0.801. The summed E-state index contributed by atoms with van der Waals surface area (Å²) in [6, 6.07) is 5.22. The van der Waals surface area contributed by atoms with Crippen LogP contribution < -0.4 is 14.8 Å². The maximum absolute atomic E-state index is 11.0. The number of ether oxygens (including phenoxy) is 2. The summed E-state index contributed by atoms with van der Waals surface area (Å²) in [6.45, 7) is 1.96. The van der Waals surface area contributed by atoms with Crippen molar-refractivity contribution >= 4 is 5.91 Å². The molecule has 100 valence electrons. The lowest BCUT2D eigenvalue weighted by Crippen LogP contribution is -2.20. The van der Waals surface area contributed by atoms with Crippen LogP contribution in [0.3, 0.4) is 0 Å². The zero-order valence-electron chi connectivity index (χ0n) is 10.9. The number of benzene rings is 1. The molecule has 0 saturated carbocycles. The van der Waals surface area contributed by atoms with Crippen LogP contribution >= 0.6 is 0 Å². The van der Waals surface area contributed by atoms with Gasteiger partial charge in [-0.3, -0.25) is 4.79 Å². The number of amides is 1. The molecule has 1 rings (SSSR count). The lowest BCUT2D eigenvalue weighted by molar-refractivity contribution is -0.121. The van der Waals surface area contributed by atoms with Crippen molar-refractivity contribution < 1.29 is 19.4 Å². The van der Waals surface area contributed by atoms with E-state index in [9.17, 15) is 9.90 Å². The highest BCUT2D eigenvalue weighted by Gasteiger charge is 2.09. The molecule has 18 heavy (non-hydrogen) atoms. The minimum absolute atomic E-state index is 0.0745. The van der Waals surface area contributed by atoms with E-state index in [0.29, 0.717) is 11.5 Å². The van der Waals surface area contributed by atoms with E-state index in [1.165, 1.54) is 7.11 Å². The summed E-state index contributed by atoms with van der Waals surface area (Å²) in [5.74, 6) is 1.03. The molecule has 0 aliphatic carbocycles. The summed E-state index contributed by atoms with van der Waals surface area (Å²) in [7, 11) is 3.12. The average molecular weight is 253 g/mol. The highest BCUT2D eigenvalue weighted by Crippen LogP contribution is 2.30. The van der Waals surface area contributed by atoms with Crippen molar-refractivity contribution in [1.82, 2.24) is 5.32 Å². The Balaban J connectivity index is 2.68. The van der Waals surface area contributed by atoms with Crippen molar-refractivity contribution in [3.05, 3.63) is 23.8 Å². The van der Waals surface area contributed by atoms with Crippen molar-refractivity contribution in [2.24, 2.45) is 0 Å². The van der Waals surface area contributed by atoms with Crippen LogP contribution in [-0.4, -0.2) is 31.8 Å². The van der Waals surface area contributed by atoms with E-state index in [1.807, 2.05) is 0 Å². The lowest BCUT2D eigenvalue weighted by atomic mass is 10.1. The molecule has 1 aromatic carbocycles. The van der Waals surface area contributed by atoms with Gasteiger partial charge in [0.05, 0.1) is 26.2 Å². The first-order valence-corrected chi connectivity index (χ1v) is 5.78. The number of nitrogens with one attached hydrogen (secondary N) is 1. The largest absolute Gasteiger partial charge is 0.493 e. The van der Waals surface area contributed by atoms with Crippen LogP contribution in [0.4, 0.5) is 0 Å². The van der Waals surface area contributed by atoms with E-state index in [1.54, 1.807) is 32.2 Å². The zero-order valence-corrected chi connectivity index (χ0v) is 10.9. The molecule has 5 heteroatoms. The Kier molecular flexibility index (Phi) is 5.45. The maximum atomic E-state index is 11.0. The Bertz CT molecular complexity index is 404.